The number of likely N-dealkylation sites (tertiary alicyclic amines) is 1. The number of hydrogen-bond donors (Lipinski definition) is 1. The summed E-state index contributed by atoms with van der Waals surface area (Å²) < 4.78 is 0. The summed E-state index contributed by atoms with van der Waals surface area (Å²) in [5, 5.41) is 9.69. The highest BCUT2D eigenvalue weighted by molar-refractivity contribution is 4.81. The number of rotatable bonds is 3. The highest BCUT2D eigenvalue weighted by Crippen LogP contribution is 2.23. The van der Waals surface area contributed by atoms with E-state index in [-0.39, 0.29) is 0 Å². The molecule has 14 heavy (non-hydrogen) atoms. The van der Waals surface area contributed by atoms with Crippen molar-refractivity contribution in [2.75, 3.05) is 6.54 Å². The van der Waals surface area contributed by atoms with Gasteiger partial charge in [-0.2, -0.15) is 0 Å². The van der Waals surface area contributed by atoms with Crippen molar-refractivity contribution < 1.29 is 5.11 Å². The van der Waals surface area contributed by atoms with Gasteiger partial charge in [0.25, 0.3) is 0 Å². The monoisotopic (exact) mass is 199 g/mol. The largest absolute Gasteiger partial charge is 0.390 e. The minimum atomic E-state index is -0.517. The van der Waals surface area contributed by atoms with Crippen LogP contribution >= 0.6 is 0 Å². The van der Waals surface area contributed by atoms with Crippen LogP contribution in [0.5, 0.6) is 0 Å². The Morgan fingerprint density at radius 2 is 1.71 bits per heavy atom. The Morgan fingerprint density at radius 3 is 2.14 bits per heavy atom. The normalized spacial score (nSPS) is 30.6. The lowest BCUT2D eigenvalue weighted by molar-refractivity contribution is 0.0323. The van der Waals surface area contributed by atoms with Gasteiger partial charge in [-0.1, -0.05) is 6.42 Å². The molecule has 0 aromatic heterocycles. The Balaban J connectivity index is 2.40. The third kappa shape index (κ3) is 3.58. The van der Waals surface area contributed by atoms with E-state index in [9.17, 15) is 5.11 Å². The quantitative estimate of drug-likeness (QED) is 0.754. The van der Waals surface area contributed by atoms with Gasteiger partial charge in [0.1, 0.15) is 0 Å². The van der Waals surface area contributed by atoms with Gasteiger partial charge in [0, 0.05) is 18.6 Å². The standard InChI is InChI=1S/C12H25NO/c1-10-6-5-7-11(2)13(10)9-8-12(3,4)14/h10-11,14H,5-9H2,1-4H3. The van der Waals surface area contributed by atoms with Crippen LogP contribution < -0.4 is 0 Å². The molecule has 0 saturated carbocycles. The Morgan fingerprint density at radius 1 is 1.21 bits per heavy atom. The van der Waals surface area contributed by atoms with Gasteiger partial charge in [-0.3, -0.25) is 4.90 Å². The van der Waals surface area contributed by atoms with Gasteiger partial charge in [-0.25, -0.2) is 0 Å². The predicted molar refractivity (Wildman–Crippen MR) is 60.4 cm³/mol. The van der Waals surface area contributed by atoms with Crippen LogP contribution in [-0.2, 0) is 0 Å². The highest BCUT2D eigenvalue weighted by atomic mass is 16.3. The lowest BCUT2D eigenvalue weighted by Gasteiger charge is -2.40. The summed E-state index contributed by atoms with van der Waals surface area (Å²) >= 11 is 0. The second-order valence-electron chi connectivity index (χ2n) is 5.43. The summed E-state index contributed by atoms with van der Waals surface area (Å²) in [5.41, 5.74) is -0.517. The average molecular weight is 199 g/mol. The van der Waals surface area contributed by atoms with Gasteiger partial charge in [0.15, 0.2) is 0 Å². The third-order valence-electron chi connectivity index (χ3n) is 3.36. The van der Waals surface area contributed by atoms with Gasteiger partial charge >= 0.3 is 0 Å². The zero-order valence-electron chi connectivity index (χ0n) is 10.1. The molecule has 84 valence electrons. The number of hydrogen-bond acceptors (Lipinski definition) is 2. The van der Waals surface area contributed by atoms with Crippen LogP contribution in [0.15, 0.2) is 0 Å². The molecule has 2 nitrogen and oxygen atoms in total. The van der Waals surface area contributed by atoms with Crippen molar-refractivity contribution in [2.24, 2.45) is 0 Å². The van der Waals surface area contributed by atoms with Crippen LogP contribution in [0, 0.1) is 0 Å². The predicted octanol–water partition coefficient (Wildman–Crippen LogP) is 2.41. The third-order valence-corrected chi connectivity index (χ3v) is 3.36. The molecule has 1 N–H and O–H groups in total. The first-order chi connectivity index (χ1) is 6.40. The van der Waals surface area contributed by atoms with Gasteiger partial charge in [-0.15, -0.1) is 0 Å². The van der Waals surface area contributed by atoms with Crippen LogP contribution in [0.4, 0.5) is 0 Å². The summed E-state index contributed by atoms with van der Waals surface area (Å²) in [6, 6.07) is 1.39. The van der Waals surface area contributed by atoms with E-state index in [0.717, 1.165) is 13.0 Å². The van der Waals surface area contributed by atoms with Gasteiger partial charge in [0.05, 0.1) is 5.60 Å². The zero-order valence-corrected chi connectivity index (χ0v) is 10.1. The van der Waals surface area contributed by atoms with E-state index in [1.807, 2.05) is 13.8 Å². The molecule has 1 aliphatic heterocycles. The van der Waals surface area contributed by atoms with Crippen LogP contribution in [0.3, 0.4) is 0 Å². The molecule has 1 fully saturated rings. The summed E-state index contributed by atoms with van der Waals surface area (Å²) in [7, 11) is 0. The lowest BCUT2D eigenvalue weighted by atomic mass is 9.95. The minimum Gasteiger partial charge on any atom is -0.390 e. The first kappa shape index (κ1) is 12.0. The lowest BCUT2D eigenvalue weighted by Crippen LogP contribution is -2.45. The van der Waals surface area contributed by atoms with E-state index < -0.39 is 5.60 Å². The van der Waals surface area contributed by atoms with E-state index in [4.69, 9.17) is 0 Å². The topological polar surface area (TPSA) is 23.5 Å². The SMILES string of the molecule is CC1CCCC(C)N1CCC(C)(C)O. The van der Waals surface area contributed by atoms with Crippen molar-refractivity contribution in [2.45, 2.75) is 71.1 Å². The molecule has 0 aromatic rings. The number of nitrogens with zero attached hydrogens (tertiary/aromatic N) is 1. The van der Waals surface area contributed by atoms with Gasteiger partial charge < -0.3 is 5.11 Å². The first-order valence-electron chi connectivity index (χ1n) is 5.88. The molecule has 0 aromatic carbocycles. The molecule has 2 heteroatoms. The zero-order chi connectivity index (χ0) is 10.8. The molecule has 0 aliphatic carbocycles. The maximum absolute atomic E-state index is 9.69. The van der Waals surface area contributed by atoms with Gasteiger partial charge in [0.2, 0.25) is 0 Å². The molecular weight excluding hydrogens is 174 g/mol. The summed E-state index contributed by atoms with van der Waals surface area (Å²) in [4.78, 5) is 2.54. The van der Waals surface area contributed by atoms with E-state index in [1.54, 1.807) is 0 Å². The van der Waals surface area contributed by atoms with E-state index in [2.05, 4.69) is 18.7 Å². The Hall–Kier alpha value is -0.0800. The van der Waals surface area contributed by atoms with Crippen LogP contribution in [-0.4, -0.2) is 34.2 Å². The van der Waals surface area contributed by atoms with Crippen molar-refractivity contribution in [3.63, 3.8) is 0 Å². The summed E-state index contributed by atoms with van der Waals surface area (Å²) in [5.74, 6) is 0. The fourth-order valence-corrected chi connectivity index (χ4v) is 2.32. The smallest absolute Gasteiger partial charge is 0.0603 e. The fraction of sp³-hybridized carbons (Fsp3) is 1.00. The maximum atomic E-state index is 9.69. The van der Waals surface area contributed by atoms with Crippen molar-refractivity contribution >= 4 is 0 Å². The van der Waals surface area contributed by atoms with Gasteiger partial charge in [-0.05, 0) is 47.0 Å². The molecule has 0 bridgehead atoms. The molecule has 1 heterocycles. The molecule has 0 radical (unpaired) electrons. The number of piperidine rings is 1. The molecule has 1 rings (SSSR count). The number of aliphatic hydroxyl groups is 1. The Kier molecular flexibility index (Phi) is 3.96. The van der Waals surface area contributed by atoms with E-state index in [0.29, 0.717) is 12.1 Å². The molecule has 2 atom stereocenters. The highest BCUT2D eigenvalue weighted by Gasteiger charge is 2.25. The van der Waals surface area contributed by atoms with Crippen LogP contribution in [0.25, 0.3) is 0 Å². The first-order valence-corrected chi connectivity index (χ1v) is 5.88. The molecular formula is C12H25NO. The summed E-state index contributed by atoms with van der Waals surface area (Å²) in [6.45, 7) is 9.43. The average Bonchev–Trinajstić information content (AvgIpc) is 2.01. The molecule has 2 unspecified atom stereocenters. The Labute approximate surface area is 88.3 Å². The van der Waals surface area contributed by atoms with E-state index >= 15 is 0 Å². The molecule has 1 saturated heterocycles. The molecule has 0 amide bonds. The maximum Gasteiger partial charge on any atom is 0.0603 e. The van der Waals surface area contributed by atoms with Crippen molar-refractivity contribution in [1.82, 2.24) is 4.90 Å². The Bertz CT molecular complexity index is 164. The van der Waals surface area contributed by atoms with E-state index in [1.165, 1.54) is 19.3 Å². The second kappa shape index (κ2) is 4.63. The molecule has 0 spiro atoms. The molecule has 1 aliphatic rings. The summed E-state index contributed by atoms with van der Waals surface area (Å²) in [6.07, 6.45) is 4.87. The minimum absolute atomic E-state index is 0.517. The van der Waals surface area contributed by atoms with Crippen molar-refractivity contribution in [3.8, 4) is 0 Å². The fourth-order valence-electron chi connectivity index (χ4n) is 2.32. The van der Waals surface area contributed by atoms with Crippen LogP contribution in [0.1, 0.15) is 53.4 Å². The van der Waals surface area contributed by atoms with Crippen LogP contribution in [0.2, 0.25) is 0 Å². The van der Waals surface area contributed by atoms with Crippen molar-refractivity contribution in [3.05, 3.63) is 0 Å². The van der Waals surface area contributed by atoms with Crippen molar-refractivity contribution in [1.29, 1.82) is 0 Å². The second-order valence-corrected chi connectivity index (χ2v) is 5.43.